The molecule has 0 radical (unpaired) electrons. The van der Waals surface area contributed by atoms with Gasteiger partial charge in [0.15, 0.2) is 6.61 Å². The second kappa shape index (κ2) is 9.55. The zero-order valence-corrected chi connectivity index (χ0v) is 16.9. The van der Waals surface area contributed by atoms with Crippen molar-refractivity contribution in [2.24, 2.45) is 0 Å². The number of hydrogen-bond donors (Lipinski definition) is 0. The summed E-state index contributed by atoms with van der Waals surface area (Å²) in [5.74, 6) is 0.476. The summed E-state index contributed by atoms with van der Waals surface area (Å²) in [7, 11) is 0. The summed E-state index contributed by atoms with van der Waals surface area (Å²) < 4.78 is 12.8. The fourth-order valence-electron chi connectivity index (χ4n) is 3.28. The highest BCUT2D eigenvalue weighted by Crippen LogP contribution is 2.23. The van der Waals surface area contributed by atoms with Crippen LogP contribution in [-0.2, 0) is 16.1 Å². The molecule has 6 nitrogen and oxygen atoms in total. The Bertz CT molecular complexity index is 819. The summed E-state index contributed by atoms with van der Waals surface area (Å²) in [6.45, 7) is 11.4. The molecule has 0 unspecified atom stereocenters. The first-order valence-corrected chi connectivity index (χ1v) is 9.50. The van der Waals surface area contributed by atoms with Gasteiger partial charge in [0.05, 0.1) is 12.0 Å². The maximum atomic E-state index is 12.7. The van der Waals surface area contributed by atoms with E-state index < -0.39 is 0 Å². The minimum absolute atomic E-state index is 0.0527. The molecule has 1 aromatic heterocycles. The van der Waals surface area contributed by atoms with Crippen molar-refractivity contribution in [2.45, 2.75) is 53.2 Å². The molecule has 0 fully saturated rings. The summed E-state index contributed by atoms with van der Waals surface area (Å²) >= 11 is 0. The third-order valence-corrected chi connectivity index (χ3v) is 4.41. The van der Waals surface area contributed by atoms with E-state index in [0.717, 1.165) is 0 Å². The normalized spacial score (nSPS) is 11.4. The van der Waals surface area contributed by atoms with Gasteiger partial charge in [-0.05, 0) is 52.8 Å². The lowest BCUT2D eigenvalue weighted by Gasteiger charge is -2.30. The Morgan fingerprint density at radius 1 is 1.11 bits per heavy atom. The van der Waals surface area contributed by atoms with Gasteiger partial charge in [-0.3, -0.25) is 9.59 Å². The largest absolute Gasteiger partial charge is 0.483 e. The molecule has 2 rings (SSSR count). The smallest absolute Gasteiger partial charge is 0.260 e. The second-order valence-electron chi connectivity index (χ2n) is 7.01. The van der Waals surface area contributed by atoms with Crippen molar-refractivity contribution in [1.29, 1.82) is 0 Å². The fourth-order valence-corrected chi connectivity index (χ4v) is 3.28. The van der Waals surface area contributed by atoms with Crippen molar-refractivity contribution in [2.75, 3.05) is 19.8 Å². The summed E-state index contributed by atoms with van der Waals surface area (Å²) in [5.41, 5.74) is -0.0880. The molecule has 0 bridgehead atoms. The molecular formula is C21H30N2O4. The predicted octanol–water partition coefficient (Wildman–Crippen LogP) is 3.06. The molecule has 148 valence electrons. The number of pyridine rings is 1. The van der Waals surface area contributed by atoms with Crippen LogP contribution in [-0.4, -0.2) is 47.3 Å². The van der Waals surface area contributed by atoms with Gasteiger partial charge >= 0.3 is 0 Å². The average Bonchev–Trinajstić information content (AvgIpc) is 2.61. The van der Waals surface area contributed by atoms with Crippen molar-refractivity contribution >= 4 is 16.7 Å². The Morgan fingerprint density at radius 3 is 2.44 bits per heavy atom. The van der Waals surface area contributed by atoms with Gasteiger partial charge in [-0.15, -0.1) is 0 Å². The van der Waals surface area contributed by atoms with Crippen LogP contribution in [0.2, 0.25) is 0 Å². The highest BCUT2D eigenvalue weighted by molar-refractivity contribution is 5.88. The van der Waals surface area contributed by atoms with Crippen LogP contribution in [0.4, 0.5) is 0 Å². The van der Waals surface area contributed by atoms with Crippen LogP contribution in [0.1, 0.15) is 34.6 Å². The summed E-state index contributed by atoms with van der Waals surface area (Å²) in [6, 6.07) is 7.40. The number of ether oxygens (including phenoxy) is 2. The molecule has 0 N–H and O–H groups in total. The van der Waals surface area contributed by atoms with E-state index in [0.29, 0.717) is 36.3 Å². The SMILES string of the molecule is CCOCCn1ccc2c(OCC(=O)N(C(C)C)C(C)C)cccc2c1=O. The van der Waals surface area contributed by atoms with Crippen molar-refractivity contribution in [1.82, 2.24) is 9.47 Å². The number of hydrogen-bond acceptors (Lipinski definition) is 4. The topological polar surface area (TPSA) is 60.8 Å². The maximum absolute atomic E-state index is 12.7. The van der Waals surface area contributed by atoms with Crippen molar-refractivity contribution in [3.05, 3.63) is 40.8 Å². The lowest BCUT2D eigenvalue weighted by atomic mass is 10.1. The zero-order valence-electron chi connectivity index (χ0n) is 16.9. The molecule has 27 heavy (non-hydrogen) atoms. The third kappa shape index (κ3) is 5.10. The van der Waals surface area contributed by atoms with Crippen molar-refractivity contribution < 1.29 is 14.3 Å². The maximum Gasteiger partial charge on any atom is 0.260 e. The van der Waals surface area contributed by atoms with Gasteiger partial charge < -0.3 is 18.9 Å². The Balaban J connectivity index is 2.21. The van der Waals surface area contributed by atoms with E-state index in [4.69, 9.17) is 9.47 Å². The van der Waals surface area contributed by atoms with Crippen LogP contribution in [0, 0.1) is 0 Å². The van der Waals surface area contributed by atoms with Gasteiger partial charge in [-0.2, -0.15) is 0 Å². The van der Waals surface area contributed by atoms with Gasteiger partial charge in [0, 0.05) is 36.8 Å². The number of carbonyl (C=O) groups is 1. The van der Waals surface area contributed by atoms with Gasteiger partial charge in [0.25, 0.3) is 11.5 Å². The average molecular weight is 374 g/mol. The monoisotopic (exact) mass is 374 g/mol. The fraction of sp³-hybridized carbons (Fsp3) is 0.524. The minimum atomic E-state index is -0.0880. The number of rotatable bonds is 9. The first kappa shape index (κ1) is 21.0. The van der Waals surface area contributed by atoms with E-state index >= 15 is 0 Å². The molecule has 0 spiro atoms. The molecule has 2 aromatic rings. The lowest BCUT2D eigenvalue weighted by molar-refractivity contribution is -0.136. The molecule has 1 heterocycles. The van der Waals surface area contributed by atoms with E-state index in [2.05, 4.69) is 0 Å². The van der Waals surface area contributed by atoms with Gasteiger partial charge in [-0.1, -0.05) is 6.07 Å². The van der Waals surface area contributed by atoms with Crippen LogP contribution >= 0.6 is 0 Å². The number of carbonyl (C=O) groups excluding carboxylic acids is 1. The third-order valence-electron chi connectivity index (χ3n) is 4.41. The first-order valence-electron chi connectivity index (χ1n) is 9.50. The Hall–Kier alpha value is -2.34. The highest BCUT2D eigenvalue weighted by Gasteiger charge is 2.20. The molecule has 6 heteroatoms. The van der Waals surface area contributed by atoms with E-state index in [9.17, 15) is 9.59 Å². The Labute approximate surface area is 160 Å². The van der Waals surface area contributed by atoms with Gasteiger partial charge in [-0.25, -0.2) is 0 Å². The number of amides is 1. The van der Waals surface area contributed by atoms with Crippen LogP contribution in [0.15, 0.2) is 35.3 Å². The molecule has 0 atom stereocenters. The van der Waals surface area contributed by atoms with Crippen molar-refractivity contribution in [3.63, 3.8) is 0 Å². The number of benzene rings is 1. The van der Waals surface area contributed by atoms with Crippen LogP contribution in [0.5, 0.6) is 5.75 Å². The standard InChI is InChI=1S/C21H30N2O4/c1-6-26-13-12-22-11-10-17-18(21(22)25)8-7-9-19(17)27-14-20(24)23(15(2)3)16(4)5/h7-11,15-16H,6,12-14H2,1-5H3. The van der Waals surface area contributed by atoms with Crippen LogP contribution in [0.3, 0.4) is 0 Å². The van der Waals surface area contributed by atoms with Crippen molar-refractivity contribution in [3.8, 4) is 5.75 Å². The Kier molecular flexibility index (Phi) is 7.42. The number of nitrogens with zero attached hydrogens (tertiary/aromatic N) is 2. The van der Waals surface area contributed by atoms with Crippen LogP contribution in [0.25, 0.3) is 10.8 Å². The summed E-state index contributed by atoms with van der Waals surface area (Å²) in [5, 5.41) is 1.28. The lowest BCUT2D eigenvalue weighted by Crippen LogP contribution is -2.44. The Morgan fingerprint density at radius 2 is 1.81 bits per heavy atom. The van der Waals surface area contributed by atoms with E-state index in [-0.39, 0.29) is 30.2 Å². The molecule has 0 aliphatic heterocycles. The van der Waals surface area contributed by atoms with Gasteiger partial charge in [0.2, 0.25) is 0 Å². The molecule has 0 saturated carbocycles. The van der Waals surface area contributed by atoms with Gasteiger partial charge in [0.1, 0.15) is 5.75 Å². The molecular weight excluding hydrogens is 344 g/mol. The highest BCUT2D eigenvalue weighted by atomic mass is 16.5. The second-order valence-corrected chi connectivity index (χ2v) is 7.01. The molecule has 0 saturated heterocycles. The van der Waals surface area contributed by atoms with E-state index in [1.807, 2.05) is 40.7 Å². The number of aromatic nitrogens is 1. The molecule has 1 amide bonds. The quantitative estimate of drug-likeness (QED) is 0.633. The van der Waals surface area contributed by atoms with E-state index in [1.54, 1.807) is 33.9 Å². The predicted molar refractivity (Wildman–Crippen MR) is 107 cm³/mol. The zero-order chi connectivity index (χ0) is 20.0. The van der Waals surface area contributed by atoms with Crippen LogP contribution < -0.4 is 10.3 Å². The summed E-state index contributed by atoms with van der Waals surface area (Å²) in [6.07, 6.45) is 1.74. The summed E-state index contributed by atoms with van der Waals surface area (Å²) in [4.78, 5) is 27.0. The minimum Gasteiger partial charge on any atom is -0.483 e. The van der Waals surface area contributed by atoms with E-state index in [1.165, 1.54) is 0 Å². The molecule has 0 aliphatic rings. The molecule has 0 aliphatic carbocycles. The molecule has 1 aromatic carbocycles. The number of fused-ring (bicyclic) bond motifs is 1. The first-order chi connectivity index (χ1) is 12.9.